The van der Waals surface area contributed by atoms with Crippen LogP contribution in [0.15, 0.2) is 39.4 Å². The molecule has 0 aliphatic carbocycles. The van der Waals surface area contributed by atoms with Crippen molar-refractivity contribution < 1.29 is 32.2 Å². The molecule has 0 saturated carbocycles. The van der Waals surface area contributed by atoms with E-state index in [1.807, 2.05) is 0 Å². The fourth-order valence-corrected chi connectivity index (χ4v) is 2.51. The molecule has 1 aromatic carbocycles. The van der Waals surface area contributed by atoms with Crippen LogP contribution in [0.3, 0.4) is 0 Å². The zero-order valence-electron chi connectivity index (χ0n) is 13.5. The first-order valence-electron chi connectivity index (χ1n) is 6.94. The van der Waals surface area contributed by atoms with Gasteiger partial charge in [0.2, 0.25) is 0 Å². The molecule has 1 aromatic rings. The number of nitrogens with one attached hydrogen (secondary N) is 1. The number of rotatable bonds is 4. The summed E-state index contributed by atoms with van der Waals surface area (Å²) < 4.78 is 44.8. The topological polar surface area (TPSA) is 89.3 Å². The lowest BCUT2D eigenvalue weighted by Crippen LogP contribution is -2.19. The van der Waals surface area contributed by atoms with E-state index in [0.717, 1.165) is 23.9 Å². The SMILES string of the molecule is COC(=O)/C=C1/S/C(=N\N=Cc2ccc(OC(F)(F)F)cc2C)NC1=O. The Morgan fingerprint density at radius 2 is 2.08 bits per heavy atom. The van der Waals surface area contributed by atoms with Crippen LogP contribution >= 0.6 is 11.8 Å². The Hall–Kier alpha value is -2.82. The van der Waals surface area contributed by atoms with E-state index in [4.69, 9.17) is 0 Å². The van der Waals surface area contributed by atoms with Gasteiger partial charge in [0, 0.05) is 6.08 Å². The highest BCUT2D eigenvalue weighted by atomic mass is 32.2. The summed E-state index contributed by atoms with van der Waals surface area (Å²) in [5.41, 5.74) is 1.01. The summed E-state index contributed by atoms with van der Waals surface area (Å²) >= 11 is 0.901. The Kier molecular flexibility index (Phi) is 6.03. The molecule has 1 aliphatic heterocycles. The summed E-state index contributed by atoms with van der Waals surface area (Å²) in [5, 5.41) is 10.1. The third kappa shape index (κ3) is 5.62. The number of nitrogens with zero attached hydrogens (tertiary/aromatic N) is 2. The maximum atomic E-state index is 12.2. The third-order valence-corrected chi connectivity index (χ3v) is 3.82. The molecule has 2 rings (SSSR count). The molecule has 11 heteroatoms. The maximum absolute atomic E-state index is 12.2. The van der Waals surface area contributed by atoms with Crippen LogP contribution in [0.1, 0.15) is 11.1 Å². The Bertz CT molecular complexity index is 819. The minimum absolute atomic E-state index is 0.107. The predicted molar refractivity (Wildman–Crippen MR) is 88.7 cm³/mol. The van der Waals surface area contributed by atoms with Crippen molar-refractivity contribution in [3.8, 4) is 5.75 Å². The fraction of sp³-hybridized carbons (Fsp3) is 0.200. The van der Waals surface area contributed by atoms with Gasteiger partial charge in [-0.05, 0) is 48.0 Å². The number of amides is 1. The van der Waals surface area contributed by atoms with Crippen LogP contribution in [0.25, 0.3) is 0 Å². The van der Waals surface area contributed by atoms with E-state index in [1.54, 1.807) is 6.92 Å². The number of esters is 1. The Balaban J connectivity index is 2.06. The Labute approximate surface area is 150 Å². The average molecular weight is 387 g/mol. The van der Waals surface area contributed by atoms with E-state index in [2.05, 4.69) is 25.0 Å². The van der Waals surface area contributed by atoms with Gasteiger partial charge in [0.15, 0.2) is 5.17 Å². The molecule has 0 unspecified atom stereocenters. The molecule has 0 aromatic heterocycles. The molecular weight excluding hydrogens is 375 g/mol. The lowest BCUT2D eigenvalue weighted by molar-refractivity contribution is -0.274. The molecule has 138 valence electrons. The van der Waals surface area contributed by atoms with E-state index < -0.39 is 18.2 Å². The van der Waals surface area contributed by atoms with Crippen molar-refractivity contribution in [1.29, 1.82) is 0 Å². The number of ether oxygens (including phenoxy) is 2. The third-order valence-electron chi connectivity index (χ3n) is 2.92. The number of alkyl halides is 3. The van der Waals surface area contributed by atoms with Crippen LogP contribution in [0.5, 0.6) is 5.75 Å². The van der Waals surface area contributed by atoms with Crippen LogP contribution < -0.4 is 10.1 Å². The number of hydrogen-bond acceptors (Lipinski definition) is 7. The largest absolute Gasteiger partial charge is 0.573 e. The Morgan fingerprint density at radius 1 is 1.35 bits per heavy atom. The van der Waals surface area contributed by atoms with Gasteiger partial charge in [-0.3, -0.25) is 10.1 Å². The zero-order valence-corrected chi connectivity index (χ0v) is 14.3. The van der Waals surface area contributed by atoms with Crippen LogP contribution in [0.2, 0.25) is 0 Å². The van der Waals surface area contributed by atoms with Crippen molar-refractivity contribution in [1.82, 2.24) is 5.32 Å². The van der Waals surface area contributed by atoms with Gasteiger partial charge in [0.05, 0.1) is 18.2 Å². The van der Waals surface area contributed by atoms with Crippen molar-refractivity contribution >= 4 is 35.0 Å². The normalized spacial score (nSPS) is 17.8. The lowest BCUT2D eigenvalue weighted by atomic mass is 10.1. The summed E-state index contributed by atoms with van der Waals surface area (Å²) in [4.78, 5) is 22.9. The summed E-state index contributed by atoms with van der Waals surface area (Å²) in [7, 11) is 1.18. The Morgan fingerprint density at radius 3 is 2.69 bits per heavy atom. The van der Waals surface area contributed by atoms with E-state index in [1.165, 1.54) is 25.5 Å². The molecular formula is C15H12F3N3O4S. The second-order valence-electron chi connectivity index (χ2n) is 4.80. The van der Waals surface area contributed by atoms with E-state index in [0.29, 0.717) is 11.1 Å². The van der Waals surface area contributed by atoms with Crippen LogP contribution in [-0.4, -0.2) is 36.7 Å². The number of methoxy groups -OCH3 is 1. The van der Waals surface area contributed by atoms with Crippen molar-refractivity contribution in [3.05, 3.63) is 40.3 Å². The van der Waals surface area contributed by atoms with Gasteiger partial charge in [0.1, 0.15) is 5.75 Å². The number of halogens is 3. The second kappa shape index (κ2) is 8.04. The molecule has 1 N–H and O–H groups in total. The monoisotopic (exact) mass is 387 g/mol. The minimum Gasteiger partial charge on any atom is -0.466 e. The molecule has 0 spiro atoms. The first-order chi connectivity index (χ1) is 12.2. The molecule has 1 fully saturated rings. The van der Waals surface area contributed by atoms with Crippen LogP contribution in [0, 0.1) is 6.92 Å². The first kappa shape index (κ1) is 19.5. The summed E-state index contributed by atoms with van der Waals surface area (Å²) in [5.74, 6) is -1.53. The molecule has 7 nitrogen and oxygen atoms in total. The minimum atomic E-state index is -4.76. The molecule has 1 saturated heterocycles. The van der Waals surface area contributed by atoms with Gasteiger partial charge < -0.3 is 9.47 Å². The number of carbonyl (C=O) groups is 2. The van der Waals surface area contributed by atoms with Gasteiger partial charge in [-0.25, -0.2) is 4.79 Å². The number of carbonyl (C=O) groups excluding carboxylic acids is 2. The average Bonchev–Trinajstić information content (AvgIpc) is 2.87. The molecule has 1 heterocycles. The number of aryl methyl sites for hydroxylation is 1. The molecule has 0 radical (unpaired) electrons. The molecule has 26 heavy (non-hydrogen) atoms. The van der Waals surface area contributed by atoms with Crippen molar-refractivity contribution in [2.75, 3.05) is 7.11 Å². The van der Waals surface area contributed by atoms with Crippen LogP contribution in [-0.2, 0) is 14.3 Å². The van der Waals surface area contributed by atoms with Crippen molar-refractivity contribution in [2.24, 2.45) is 10.2 Å². The second-order valence-corrected chi connectivity index (χ2v) is 5.83. The molecule has 1 amide bonds. The lowest BCUT2D eigenvalue weighted by Gasteiger charge is -2.09. The van der Waals surface area contributed by atoms with Gasteiger partial charge >= 0.3 is 12.3 Å². The van der Waals surface area contributed by atoms with Crippen LogP contribution in [0.4, 0.5) is 13.2 Å². The van der Waals surface area contributed by atoms with E-state index in [9.17, 15) is 22.8 Å². The maximum Gasteiger partial charge on any atom is 0.573 e. The molecule has 0 atom stereocenters. The van der Waals surface area contributed by atoms with Gasteiger partial charge in [-0.2, -0.15) is 5.10 Å². The number of amidine groups is 1. The van der Waals surface area contributed by atoms with Gasteiger partial charge in [0.25, 0.3) is 5.91 Å². The van der Waals surface area contributed by atoms with E-state index >= 15 is 0 Å². The molecule has 1 aliphatic rings. The number of hydrogen-bond donors (Lipinski definition) is 1. The fourth-order valence-electron chi connectivity index (χ4n) is 1.77. The van der Waals surface area contributed by atoms with Crippen molar-refractivity contribution in [2.45, 2.75) is 13.3 Å². The first-order valence-corrected chi connectivity index (χ1v) is 7.76. The van der Waals surface area contributed by atoms with Gasteiger partial charge in [-0.1, -0.05) is 0 Å². The highest BCUT2D eigenvalue weighted by Gasteiger charge is 2.31. The standard InChI is InChI=1S/C15H12F3N3O4S/c1-8-5-10(25-15(16,17)18)4-3-9(8)7-19-21-14-20-13(23)11(26-14)6-12(22)24-2/h3-7H,1-2H3,(H,20,21,23)/b11-6+,19-7?. The highest BCUT2D eigenvalue weighted by molar-refractivity contribution is 8.18. The molecule has 0 bridgehead atoms. The number of benzene rings is 1. The van der Waals surface area contributed by atoms with Crippen molar-refractivity contribution in [3.63, 3.8) is 0 Å². The summed E-state index contributed by atoms with van der Waals surface area (Å²) in [6.07, 6.45) is -2.43. The predicted octanol–water partition coefficient (Wildman–Crippen LogP) is 2.50. The van der Waals surface area contributed by atoms with Gasteiger partial charge in [-0.15, -0.1) is 18.3 Å². The summed E-state index contributed by atoms with van der Waals surface area (Å²) in [6.45, 7) is 1.58. The zero-order chi connectivity index (χ0) is 19.3. The highest BCUT2D eigenvalue weighted by Crippen LogP contribution is 2.25. The quantitative estimate of drug-likeness (QED) is 0.371. The van der Waals surface area contributed by atoms with E-state index in [-0.39, 0.29) is 15.8 Å². The number of thioether (sulfide) groups is 1. The summed E-state index contributed by atoms with van der Waals surface area (Å²) in [6, 6.07) is 3.76. The smallest absolute Gasteiger partial charge is 0.466 e.